The third-order valence-corrected chi connectivity index (χ3v) is 6.54. The number of anilines is 2. The summed E-state index contributed by atoms with van der Waals surface area (Å²) in [5, 5.41) is 13.3. The van der Waals surface area contributed by atoms with Crippen LogP contribution in [0.3, 0.4) is 0 Å². The minimum Gasteiger partial charge on any atom is -0.483 e. The van der Waals surface area contributed by atoms with Gasteiger partial charge in [0, 0.05) is 33.7 Å². The molecule has 0 saturated carbocycles. The van der Waals surface area contributed by atoms with E-state index in [4.69, 9.17) is 14.2 Å². The quantitative estimate of drug-likeness (QED) is 0.564. The number of halogens is 1. The third kappa shape index (κ3) is 4.77. The molecule has 0 amide bonds. The van der Waals surface area contributed by atoms with Gasteiger partial charge in [-0.3, -0.25) is 0 Å². The average molecular weight is 498 g/mol. The van der Waals surface area contributed by atoms with Crippen LogP contribution in [-0.2, 0) is 19.2 Å². The van der Waals surface area contributed by atoms with Gasteiger partial charge >= 0.3 is 0 Å². The molecular formula is C24H24FN5O4S. The largest absolute Gasteiger partial charge is 0.483 e. The van der Waals surface area contributed by atoms with Crippen LogP contribution >= 0.6 is 0 Å². The summed E-state index contributed by atoms with van der Waals surface area (Å²) in [6, 6.07) is 9.96. The normalized spacial score (nSPS) is 23.6. The Hall–Kier alpha value is -3.33. The van der Waals surface area contributed by atoms with Gasteiger partial charge < -0.3 is 19.5 Å². The Balaban J connectivity index is 1.47. The lowest BCUT2D eigenvalue weighted by atomic mass is 10.0. The number of nitrogens with one attached hydrogen (secondary N) is 1. The number of fused-ring (bicyclic) bond motifs is 2. The maximum atomic E-state index is 14.2. The maximum Gasteiger partial charge on any atom is 0.151 e. The second-order valence-corrected chi connectivity index (χ2v) is 11.5. The van der Waals surface area contributed by atoms with Gasteiger partial charge in [-0.05, 0) is 36.8 Å². The second kappa shape index (κ2) is 9.03. The van der Waals surface area contributed by atoms with E-state index >= 15 is 0 Å². The minimum absolute atomic E-state index is 0.239. The van der Waals surface area contributed by atoms with Gasteiger partial charge in [0.15, 0.2) is 6.10 Å². The molecule has 182 valence electrons. The molecule has 1 N–H and O–H groups in total. The molecule has 9 nitrogen and oxygen atoms in total. The molecule has 0 spiro atoms. The summed E-state index contributed by atoms with van der Waals surface area (Å²) in [6.45, 7) is 2.42. The molecule has 3 heterocycles. The smallest absolute Gasteiger partial charge is 0.151 e. The molecule has 35 heavy (non-hydrogen) atoms. The highest BCUT2D eigenvalue weighted by Crippen LogP contribution is 2.37. The highest BCUT2D eigenvalue weighted by Gasteiger charge is 2.49. The van der Waals surface area contributed by atoms with Crippen molar-refractivity contribution in [1.29, 1.82) is 5.26 Å². The van der Waals surface area contributed by atoms with Crippen LogP contribution in [0.5, 0.6) is 5.75 Å². The summed E-state index contributed by atoms with van der Waals surface area (Å²) in [6.07, 6.45) is 3.33. The number of hydrogen-bond donors (Lipinski definition) is 1. The number of nitrogens with zero attached hydrogens (tertiary/aromatic N) is 4. The molecule has 11 heteroatoms. The Morgan fingerprint density at radius 1 is 1.20 bits per heavy atom. The molecule has 0 unspecified atom stereocenters. The maximum absolute atomic E-state index is 14.2. The van der Waals surface area contributed by atoms with Crippen molar-refractivity contribution in [1.82, 2.24) is 9.97 Å². The number of ether oxygens (including phenoxy) is 3. The number of aryl methyl sites for hydroxylation is 1. The number of rotatable bonds is 5. The van der Waals surface area contributed by atoms with Crippen molar-refractivity contribution in [2.75, 3.05) is 31.0 Å². The van der Waals surface area contributed by atoms with Gasteiger partial charge in [0.25, 0.3) is 0 Å². The Kier molecular flexibility index (Phi) is 6.04. The standard InChI is InChI=1S/C24H24FN5O4S/c1-13-6-16(30-35(2,3)31)8-18-21(13)24(28-12-27-18)29-17-5-4-15(25)7-19(17)34-20-11-33-22-14(9-26)10-32-23(20)22/h4-8,12,14,20,22-23H,10-11H2,1-3H3,(H,27,28,29)/t14-,20-,22-,23-/m1/s1. The van der Waals surface area contributed by atoms with Crippen LogP contribution in [0.15, 0.2) is 41.0 Å². The molecule has 0 radical (unpaired) electrons. The van der Waals surface area contributed by atoms with Crippen molar-refractivity contribution < 1.29 is 22.8 Å². The first-order valence-corrected chi connectivity index (χ1v) is 13.3. The van der Waals surface area contributed by atoms with Crippen LogP contribution in [0.4, 0.5) is 21.6 Å². The molecule has 2 saturated heterocycles. The lowest BCUT2D eigenvalue weighted by molar-refractivity contribution is 0.0305. The Bertz CT molecular complexity index is 1460. The molecule has 2 fully saturated rings. The molecule has 0 bridgehead atoms. The lowest BCUT2D eigenvalue weighted by Gasteiger charge is -2.21. The van der Waals surface area contributed by atoms with Crippen molar-refractivity contribution in [3.8, 4) is 11.8 Å². The van der Waals surface area contributed by atoms with Crippen LogP contribution in [-0.4, -0.2) is 58.2 Å². The van der Waals surface area contributed by atoms with E-state index in [9.17, 15) is 13.9 Å². The Morgan fingerprint density at radius 3 is 2.77 bits per heavy atom. The number of benzene rings is 2. The highest BCUT2D eigenvalue weighted by atomic mass is 32.2. The first-order valence-electron chi connectivity index (χ1n) is 11.0. The molecular weight excluding hydrogens is 473 g/mol. The summed E-state index contributed by atoms with van der Waals surface area (Å²) >= 11 is 0. The van der Waals surface area contributed by atoms with Gasteiger partial charge in [-0.25, -0.2) is 18.6 Å². The molecule has 0 aliphatic carbocycles. The van der Waals surface area contributed by atoms with Crippen LogP contribution in [0.25, 0.3) is 10.9 Å². The fourth-order valence-electron chi connectivity index (χ4n) is 4.44. The minimum atomic E-state index is -2.33. The van der Waals surface area contributed by atoms with Gasteiger partial charge in [0.1, 0.15) is 35.9 Å². The molecule has 2 aromatic carbocycles. The number of hydrogen-bond acceptors (Lipinski definition) is 9. The Labute approximate surface area is 202 Å². The molecule has 3 aromatic rings. The van der Waals surface area contributed by atoms with Crippen molar-refractivity contribution in [3.63, 3.8) is 0 Å². The van der Waals surface area contributed by atoms with Crippen molar-refractivity contribution >= 4 is 37.8 Å². The summed E-state index contributed by atoms with van der Waals surface area (Å²) < 4.78 is 48.2. The van der Waals surface area contributed by atoms with E-state index in [0.717, 1.165) is 10.9 Å². The van der Waals surface area contributed by atoms with E-state index in [1.165, 1.54) is 18.5 Å². The zero-order valence-corrected chi connectivity index (χ0v) is 20.2. The zero-order valence-electron chi connectivity index (χ0n) is 19.4. The fraction of sp³-hybridized carbons (Fsp3) is 0.375. The van der Waals surface area contributed by atoms with E-state index < -0.39 is 27.8 Å². The van der Waals surface area contributed by atoms with E-state index in [1.54, 1.807) is 24.6 Å². The van der Waals surface area contributed by atoms with Crippen molar-refractivity contribution in [3.05, 3.63) is 48.0 Å². The molecule has 2 aliphatic rings. The summed E-state index contributed by atoms with van der Waals surface area (Å²) in [7, 11) is -2.33. The predicted octanol–water partition coefficient (Wildman–Crippen LogP) is 3.86. The van der Waals surface area contributed by atoms with E-state index in [2.05, 4.69) is 25.7 Å². The highest BCUT2D eigenvalue weighted by molar-refractivity contribution is 7.92. The number of aromatic nitrogens is 2. The van der Waals surface area contributed by atoms with E-state index in [-0.39, 0.29) is 31.0 Å². The molecule has 4 atom stereocenters. The van der Waals surface area contributed by atoms with Gasteiger partial charge in [0.2, 0.25) is 0 Å². The first-order chi connectivity index (χ1) is 16.7. The zero-order chi connectivity index (χ0) is 24.7. The van der Waals surface area contributed by atoms with Crippen LogP contribution < -0.4 is 10.1 Å². The lowest BCUT2D eigenvalue weighted by Crippen LogP contribution is -2.33. The van der Waals surface area contributed by atoms with Crippen LogP contribution in [0.1, 0.15) is 5.56 Å². The van der Waals surface area contributed by atoms with Gasteiger partial charge in [-0.2, -0.15) is 9.62 Å². The van der Waals surface area contributed by atoms with E-state index in [0.29, 0.717) is 22.7 Å². The van der Waals surface area contributed by atoms with Crippen molar-refractivity contribution in [2.24, 2.45) is 10.3 Å². The van der Waals surface area contributed by atoms with Gasteiger partial charge in [0.05, 0.1) is 42.1 Å². The molecule has 5 rings (SSSR count). The van der Waals surface area contributed by atoms with Gasteiger partial charge in [-0.1, -0.05) is 0 Å². The second-order valence-electron chi connectivity index (χ2n) is 8.90. The molecule has 1 aromatic heterocycles. The SMILES string of the molecule is Cc1cc(N=S(C)(C)=O)cc2ncnc(Nc3ccc(F)cc3O[C@@H]3CO[C@H]4[C@@H]3OC[C@H]4C#N)c12. The molecule has 2 aliphatic heterocycles. The first kappa shape index (κ1) is 23.4. The topological polar surface area (TPSA) is 119 Å². The average Bonchev–Trinajstić information content (AvgIpc) is 3.37. The summed E-state index contributed by atoms with van der Waals surface area (Å²) in [5.41, 5.74) is 2.54. The van der Waals surface area contributed by atoms with Gasteiger partial charge in [-0.15, -0.1) is 0 Å². The van der Waals surface area contributed by atoms with Crippen LogP contribution in [0, 0.1) is 30.0 Å². The van der Waals surface area contributed by atoms with Crippen molar-refractivity contribution in [2.45, 2.75) is 25.2 Å². The van der Waals surface area contributed by atoms with Crippen LogP contribution in [0.2, 0.25) is 0 Å². The predicted molar refractivity (Wildman–Crippen MR) is 129 cm³/mol. The summed E-state index contributed by atoms with van der Waals surface area (Å²) in [5.74, 6) is -0.0251. The Morgan fingerprint density at radius 2 is 2.00 bits per heavy atom. The van der Waals surface area contributed by atoms with E-state index in [1.807, 2.05) is 13.0 Å². The monoisotopic (exact) mass is 497 g/mol. The fourth-order valence-corrected chi connectivity index (χ4v) is 5.05. The summed E-state index contributed by atoms with van der Waals surface area (Å²) in [4.78, 5) is 8.74. The third-order valence-electron chi connectivity index (χ3n) is 5.89. The number of nitriles is 1.